The van der Waals surface area contributed by atoms with Crippen molar-refractivity contribution in [2.24, 2.45) is 0 Å². The van der Waals surface area contributed by atoms with Gasteiger partial charge in [0, 0.05) is 24.9 Å². The lowest BCUT2D eigenvalue weighted by atomic mass is 10.00. The molecule has 138 valence electrons. The summed E-state index contributed by atoms with van der Waals surface area (Å²) in [6.07, 6.45) is -0.567. The maximum atomic E-state index is 13.0. The predicted molar refractivity (Wildman–Crippen MR) is 92.3 cm³/mol. The first-order chi connectivity index (χ1) is 12.2. The first kappa shape index (κ1) is 18.1. The summed E-state index contributed by atoms with van der Waals surface area (Å²) in [5, 5.41) is 0. The van der Waals surface area contributed by atoms with E-state index in [2.05, 4.69) is 0 Å². The average Bonchev–Trinajstić information content (AvgIpc) is 2.90. The number of fused-ring (bicyclic) bond motifs is 1. The van der Waals surface area contributed by atoms with Gasteiger partial charge < -0.3 is 4.74 Å². The summed E-state index contributed by atoms with van der Waals surface area (Å²) < 4.78 is 5.36. The van der Waals surface area contributed by atoms with E-state index in [0.29, 0.717) is 5.56 Å². The van der Waals surface area contributed by atoms with Crippen LogP contribution in [0.25, 0.3) is 0 Å². The van der Waals surface area contributed by atoms with Gasteiger partial charge in [0.2, 0.25) is 0 Å². The number of benzene rings is 1. The summed E-state index contributed by atoms with van der Waals surface area (Å²) in [7, 11) is 0. The fourth-order valence-electron chi connectivity index (χ4n) is 3.20. The molecule has 7 heteroatoms. The molecule has 1 fully saturated rings. The fourth-order valence-corrected chi connectivity index (χ4v) is 3.20. The van der Waals surface area contributed by atoms with Crippen LogP contribution in [0, 0.1) is 0 Å². The van der Waals surface area contributed by atoms with Gasteiger partial charge in [-0.25, -0.2) is 4.79 Å². The molecule has 0 aromatic heterocycles. The molecule has 1 saturated heterocycles. The zero-order valence-corrected chi connectivity index (χ0v) is 15.2. The van der Waals surface area contributed by atoms with Crippen molar-refractivity contribution in [3.63, 3.8) is 0 Å². The van der Waals surface area contributed by atoms with Crippen LogP contribution >= 0.6 is 0 Å². The summed E-state index contributed by atoms with van der Waals surface area (Å²) in [5.74, 6) is -1.04. The topological polar surface area (TPSA) is 84.0 Å². The largest absolute Gasteiger partial charge is 0.444 e. The summed E-state index contributed by atoms with van der Waals surface area (Å²) >= 11 is 0. The van der Waals surface area contributed by atoms with E-state index >= 15 is 0 Å². The fraction of sp³-hybridized carbons (Fsp3) is 0.474. The number of piperidine rings is 1. The molecule has 0 radical (unpaired) electrons. The van der Waals surface area contributed by atoms with Crippen molar-refractivity contribution in [1.29, 1.82) is 0 Å². The van der Waals surface area contributed by atoms with Crippen LogP contribution < -0.4 is 0 Å². The summed E-state index contributed by atoms with van der Waals surface area (Å²) in [4.78, 5) is 52.3. The number of Topliss-reactive ketones (excluding diaryl/α,β-unsaturated/α-hetero) is 1. The van der Waals surface area contributed by atoms with Crippen molar-refractivity contribution in [2.45, 2.75) is 51.8 Å². The van der Waals surface area contributed by atoms with Crippen molar-refractivity contribution in [2.75, 3.05) is 6.54 Å². The summed E-state index contributed by atoms with van der Waals surface area (Å²) in [6.45, 7) is 5.46. The Bertz CT molecular complexity index is 780. The number of likely N-dealkylation sites (tertiary alicyclic amines) is 1. The van der Waals surface area contributed by atoms with Crippen molar-refractivity contribution >= 4 is 23.7 Å². The Labute approximate surface area is 151 Å². The predicted octanol–water partition coefficient (Wildman–Crippen LogP) is 2.14. The van der Waals surface area contributed by atoms with E-state index in [-0.39, 0.29) is 31.7 Å². The number of hydrogen-bond donors (Lipinski definition) is 0. The van der Waals surface area contributed by atoms with Crippen LogP contribution in [0.2, 0.25) is 0 Å². The maximum absolute atomic E-state index is 13.0. The van der Waals surface area contributed by atoms with Gasteiger partial charge in [0.25, 0.3) is 11.8 Å². The molecule has 1 unspecified atom stereocenters. The Morgan fingerprint density at radius 1 is 1.15 bits per heavy atom. The van der Waals surface area contributed by atoms with Crippen molar-refractivity contribution < 1.29 is 23.9 Å². The summed E-state index contributed by atoms with van der Waals surface area (Å²) in [5.41, 5.74) is 0.523. The lowest BCUT2D eigenvalue weighted by molar-refractivity contribution is -0.139. The smallest absolute Gasteiger partial charge is 0.410 e. The standard InChI is InChI=1S/C19H22N2O5/c1-19(2,3)26-18(25)20-9-8-13(22)10-15(20)17(24)21-11-12-6-4-5-7-14(12)16(21)23/h4-7,15H,8-11H2,1-3H3. The second-order valence-corrected chi connectivity index (χ2v) is 7.57. The highest BCUT2D eigenvalue weighted by molar-refractivity contribution is 6.10. The average molecular weight is 358 g/mol. The molecule has 2 heterocycles. The minimum absolute atomic E-state index is 0.0990. The Hall–Kier alpha value is -2.70. The van der Waals surface area contributed by atoms with Gasteiger partial charge >= 0.3 is 6.09 Å². The van der Waals surface area contributed by atoms with E-state index in [1.54, 1.807) is 45.0 Å². The Morgan fingerprint density at radius 2 is 1.85 bits per heavy atom. The molecule has 1 aromatic rings. The van der Waals surface area contributed by atoms with Crippen molar-refractivity contribution in [3.05, 3.63) is 35.4 Å². The molecule has 7 nitrogen and oxygen atoms in total. The van der Waals surface area contributed by atoms with Gasteiger partial charge in [-0.05, 0) is 32.4 Å². The third-order valence-corrected chi connectivity index (χ3v) is 4.43. The molecular weight excluding hydrogens is 336 g/mol. The molecule has 0 spiro atoms. The van der Waals surface area contributed by atoms with Crippen LogP contribution in [-0.4, -0.2) is 51.7 Å². The molecule has 3 amide bonds. The minimum atomic E-state index is -1.01. The molecule has 1 atom stereocenters. The highest BCUT2D eigenvalue weighted by Gasteiger charge is 2.43. The molecular formula is C19H22N2O5. The molecule has 0 aliphatic carbocycles. The molecule has 0 saturated carbocycles. The van der Waals surface area contributed by atoms with E-state index in [4.69, 9.17) is 4.74 Å². The Morgan fingerprint density at radius 3 is 2.50 bits per heavy atom. The molecule has 2 aliphatic heterocycles. The number of imide groups is 1. The third kappa shape index (κ3) is 3.47. The SMILES string of the molecule is CC(C)(C)OC(=O)N1CCC(=O)CC1C(=O)N1Cc2ccccc2C1=O. The second kappa shape index (κ2) is 6.55. The minimum Gasteiger partial charge on any atom is -0.444 e. The number of carbonyl (C=O) groups excluding carboxylic acids is 4. The van der Waals surface area contributed by atoms with E-state index in [1.807, 2.05) is 0 Å². The number of carbonyl (C=O) groups is 4. The summed E-state index contributed by atoms with van der Waals surface area (Å²) in [6, 6.07) is 5.99. The van der Waals surface area contributed by atoms with E-state index < -0.39 is 29.6 Å². The maximum Gasteiger partial charge on any atom is 0.410 e. The number of rotatable bonds is 1. The molecule has 3 rings (SSSR count). The van der Waals surface area contributed by atoms with Gasteiger partial charge in [-0.3, -0.25) is 24.2 Å². The van der Waals surface area contributed by atoms with Crippen LogP contribution in [0.4, 0.5) is 4.79 Å². The van der Waals surface area contributed by atoms with Crippen LogP contribution in [-0.2, 0) is 20.9 Å². The Kier molecular flexibility index (Phi) is 4.56. The Balaban J connectivity index is 1.82. The molecule has 2 aliphatic rings. The normalized spacial score (nSPS) is 20.2. The molecule has 1 aromatic carbocycles. The highest BCUT2D eigenvalue weighted by atomic mass is 16.6. The third-order valence-electron chi connectivity index (χ3n) is 4.43. The zero-order valence-electron chi connectivity index (χ0n) is 15.2. The van der Waals surface area contributed by atoms with Crippen LogP contribution in [0.15, 0.2) is 24.3 Å². The lowest BCUT2D eigenvalue weighted by Gasteiger charge is -2.36. The number of ketones is 1. The quantitative estimate of drug-likeness (QED) is 0.718. The van der Waals surface area contributed by atoms with E-state index in [1.165, 1.54) is 4.90 Å². The highest BCUT2D eigenvalue weighted by Crippen LogP contribution is 2.26. The van der Waals surface area contributed by atoms with Gasteiger partial charge in [-0.15, -0.1) is 0 Å². The first-order valence-corrected chi connectivity index (χ1v) is 8.62. The number of ether oxygens (including phenoxy) is 1. The molecule has 0 N–H and O–H groups in total. The first-order valence-electron chi connectivity index (χ1n) is 8.62. The van der Waals surface area contributed by atoms with Crippen LogP contribution in [0.5, 0.6) is 0 Å². The number of nitrogens with zero attached hydrogens (tertiary/aromatic N) is 2. The van der Waals surface area contributed by atoms with Crippen LogP contribution in [0.1, 0.15) is 49.5 Å². The lowest BCUT2D eigenvalue weighted by Crippen LogP contribution is -2.55. The van der Waals surface area contributed by atoms with Crippen molar-refractivity contribution in [1.82, 2.24) is 9.80 Å². The van der Waals surface area contributed by atoms with Gasteiger partial charge in [0.1, 0.15) is 17.4 Å². The molecule has 0 bridgehead atoms. The van der Waals surface area contributed by atoms with Gasteiger partial charge in [0.15, 0.2) is 0 Å². The van der Waals surface area contributed by atoms with Crippen molar-refractivity contribution in [3.8, 4) is 0 Å². The van der Waals surface area contributed by atoms with Gasteiger partial charge in [0.05, 0.1) is 6.54 Å². The van der Waals surface area contributed by atoms with Crippen LogP contribution in [0.3, 0.4) is 0 Å². The monoisotopic (exact) mass is 358 g/mol. The zero-order chi connectivity index (χ0) is 19.1. The molecule has 26 heavy (non-hydrogen) atoms. The van der Waals surface area contributed by atoms with E-state index in [9.17, 15) is 19.2 Å². The van der Waals surface area contributed by atoms with E-state index in [0.717, 1.165) is 10.5 Å². The number of amides is 3. The van der Waals surface area contributed by atoms with Gasteiger partial charge in [-0.2, -0.15) is 0 Å². The number of hydrogen-bond acceptors (Lipinski definition) is 5. The second-order valence-electron chi connectivity index (χ2n) is 7.57. The van der Waals surface area contributed by atoms with Gasteiger partial charge in [-0.1, -0.05) is 18.2 Å².